The van der Waals surface area contributed by atoms with E-state index in [-0.39, 0.29) is 6.61 Å². The maximum Gasteiger partial charge on any atom is 0.341 e. The number of carbonyl (C=O) groups is 1. The minimum atomic E-state index is -0.453. The molecule has 122 valence electrons. The molecule has 0 aliphatic heterocycles. The smallest absolute Gasteiger partial charge is 0.341 e. The van der Waals surface area contributed by atoms with Crippen molar-refractivity contribution in [2.24, 2.45) is 0 Å². The largest absolute Gasteiger partial charge is 0.486 e. The van der Waals surface area contributed by atoms with Gasteiger partial charge in [0.15, 0.2) is 0 Å². The minimum Gasteiger partial charge on any atom is -0.486 e. The molecular formula is C19H18N2O3. The number of nitrogens with two attached hydrogens (primary N) is 1. The van der Waals surface area contributed by atoms with Gasteiger partial charge in [-0.2, -0.15) is 0 Å². The summed E-state index contributed by atoms with van der Waals surface area (Å²) in [7, 11) is 0. The Labute approximate surface area is 140 Å². The van der Waals surface area contributed by atoms with Crippen molar-refractivity contribution in [3.05, 3.63) is 65.9 Å². The lowest BCUT2D eigenvalue weighted by molar-refractivity contribution is 0.0521. The predicted molar refractivity (Wildman–Crippen MR) is 92.9 cm³/mol. The lowest BCUT2D eigenvalue weighted by Gasteiger charge is -2.11. The fourth-order valence-electron chi connectivity index (χ4n) is 2.38. The van der Waals surface area contributed by atoms with Crippen molar-refractivity contribution >= 4 is 22.6 Å². The summed E-state index contributed by atoms with van der Waals surface area (Å²) in [5, 5.41) is 1.07. The van der Waals surface area contributed by atoms with Gasteiger partial charge in [-0.15, -0.1) is 0 Å². The lowest BCUT2D eigenvalue weighted by Crippen LogP contribution is -2.09. The highest BCUT2D eigenvalue weighted by Gasteiger charge is 2.14. The molecule has 0 spiro atoms. The first kappa shape index (κ1) is 15.8. The number of para-hydroxylation sites is 1. The zero-order valence-electron chi connectivity index (χ0n) is 13.4. The number of ether oxygens (including phenoxy) is 2. The maximum absolute atomic E-state index is 12.0. The van der Waals surface area contributed by atoms with Gasteiger partial charge in [-0.25, -0.2) is 9.78 Å². The molecule has 0 unspecified atom stereocenters. The van der Waals surface area contributed by atoms with Crippen LogP contribution in [0.2, 0.25) is 0 Å². The number of rotatable bonds is 5. The van der Waals surface area contributed by atoms with Gasteiger partial charge in [0.05, 0.1) is 17.8 Å². The number of hydrogen-bond donors (Lipinski definition) is 1. The van der Waals surface area contributed by atoms with E-state index in [9.17, 15) is 4.79 Å². The Bertz CT molecular complexity index is 877. The Morgan fingerprint density at radius 2 is 1.96 bits per heavy atom. The van der Waals surface area contributed by atoms with Crippen LogP contribution in [-0.2, 0) is 11.3 Å². The molecule has 5 heteroatoms. The Balaban J connectivity index is 1.81. The third-order valence-corrected chi connectivity index (χ3v) is 3.53. The molecule has 0 saturated heterocycles. The number of hydrogen-bond acceptors (Lipinski definition) is 5. The molecule has 2 N–H and O–H groups in total. The number of nitrogen functional groups attached to an aromatic ring is 1. The number of pyridine rings is 1. The quantitative estimate of drug-likeness (QED) is 0.574. The third-order valence-electron chi connectivity index (χ3n) is 3.53. The van der Waals surface area contributed by atoms with E-state index < -0.39 is 5.97 Å². The van der Waals surface area contributed by atoms with Crippen LogP contribution in [0.25, 0.3) is 10.9 Å². The first-order chi connectivity index (χ1) is 11.7. The van der Waals surface area contributed by atoms with E-state index in [1.165, 1.54) is 0 Å². The summed E-state index contributed by atoms with van der Waals surface area (Å²) in [6.45, 7) is 2.30. The maximum atomic E-state index is 12.0. The number of carbonyl (C=O) groups excluding carboxylic acids is 1. The molecule has 24 heavy (non-hydrogen) atoms. The highest BCUT2D eigenvalue weighted by atomic mass is 16.5. The Morgan fingerprint density at radius 1 is 1.12 bits per heavy atom. The number of esters is 1. The lowest BCUT2D eigenvalue weighted by atomic mass is 10.2. The average molecular weight is 322 g/mol. The molecule has 3 rings (SSSR count). The van der Waals surface area contributed by atoms with Gasteiger partial charge in [-0.3, -0.25) is 0 Å². The number of fused-ring (bicyclic) bond motifs is 1. The average Bonchev–Trinajstić information content (AvgIpc) is 2.60. The molecule has 0 amide bonds. The van der Waals surface area contributed by atoms with Crippen molar-refractivity contribution in [2.45, 2.75) is 13.5 Å². The molecule has 0 saturated carbocycles. The molecular weight excluding hydrogens is 304 g/mol. The minimum absolute atomic E-state index is 0.251. The third kappa shape index (κ3) is 3.46. The van der Waals surface area contributed by atoms with Gasteiger partial charge in [-0.05, 0) is 37.3 Å². The summed E-state index contributed by atoms with van der Waals surface area (Å²) < 4.78 is 10.8. The molecule has 3 aromatic rings. The second kappa shape index (κ2) is 7.00. The van der Waals surface area contributed by atoms with E-state index in [0.717, 1.165) is 16.6 Å². The summed E-state index contributed by atoms with van der Waals surface area (Å²) in [5.74, 6) is -0.0242. The molecule has 0 radical (unpaired) electrons. The van der Waals surface area contributed by atoms with Crippen LogP contribution in [-0.4, -0.2) is 17.6 Å². The Kier molecular flexibility index (Phi) is 4.61. The molecule has 1 aromatic heterocycles. The summed E-state index contributed by atoms with van der Waals surface area (Å²) >= 11 is 0. The first-order valence-corrected chi connectivity index (χ1v) is 7.71. The van der Waals surface area contributed by atoms with E-state index >= 15 is 0 Å². The zero-order valence-corrected chi connectivity index (χ0v) is 13.4. The summed E-state index contributed by atoms with van der Waals surface area (Å²) in [5.41, 5.74) is 8.24. The highest BCUT2D eigenvalue weighted by molar-refractivity contribution is 5.93. The predicted octanol–water partition coefficient (Wildman–Crippen LogP) is 3.57. The van der Waals surface area contributed by atoms with E-state index in [1.807, 2.05) is 36.4 Å². The van der Waals surface area contributed by atoms with Crippen LogP contribution in [0.5, 0.6) is 5.75 Å². The molecule has 0 atom stereocenters. The molecule has 0 fully saturated rings. The number of nitrogens with zero attached hydrogens (tertiary/aromatic N) is 1. The van der Waals surface area contributed by atoms with Crippen LogP contribution in [0, 0.1) is 0 Å². The second-order valence-corrected chi connectivity index (χ2v) is 5.26. The van der Waals surface area contributed by atoms with Crippen LogP contribution in [0.3, 0.4) is 0 Å². The normalized spacial score (nSPS) is 10.5. The summed E-state index contributed by atoms with van der Waals surface area (Å²) in [4.78, 5) is 16.6. The highest BCUT2D eigenvalue weighted by Crippen LogP contribution is 2.23. The number of benzene rings is 2. The van der Waals surface area contributed by atoms with Crippen LogP contribution in [0.4, 0.5) is 5.69 Å². The first-order valence-electron chi connectivity index (χ1n) is 7.71. The van der Waals surface area contributed by atoms with E-state index in [2.05, 4.69) is 4.98 Å². The van der Waals surface area contributed by atoms with Crippen LogP contribution >= 0.6 is 0 Å². The van der Waals surface area contributed by atoms with Crippen LogP contribution in [0.15, 0.2) is 54.6 Å². The van der Waals surface area contributed by atoms with Crippen molar-refractivity contribution in [2.75, 3.05) is 12.3 Å². The van der Waals surface area contributed by atoms with Gasteiger partial charge in [0.1, 0.15) is 17.9 Å². The van der Waals surface area contributed by atoms with E-state index in [1.54, 1.807) is 25.1 Å². The molecule has 0 aliphatic carbocycles. The summed E-state index contributed by atoms with van der Waals surface area (Å²) in [6, 6.07) is 16.7. The number of aromatic nitrogens is 1. The SMILES string of the molecule is CCOC(=O)c1cc(N)ccc1OCc1ccc2ccccc2n1. The van der Waals surface area contributed by atoms with Crippen molar-refractivity contribution in [1.29, 1.82) is 0 Å². The van der Waals surface area contributed by atoms with Crippen LogP contribution < -0.4 is 10.5 Å². The molecule has 1 heterocycles. The van der Waals surface area contributed by atoms with E-state index in [4.69, 9.17) is 15.2 Å². The van der Waals surface area contributed by atoms with Crippen molar-refractivity contribution in [1.82, 2.24) is 4.98 Å². The monoisotopic (exact) mass is 322 g/mol. The second-order valence-electron chi connectivity index (χ2n) is 5.26. The van der Waals surface area contributed by atoms with Crippen molar-refractivity contribution in [3.8, 4) is 5.75 Å². The van der Waals surface area contributed by atoms with Gasteiger partial charge in [0.2, 0.25) is 0 Å². The van der Waals surface area contributed by atoms with Gasteiger partial charge < -0.3 is 15.2 Å². The Hall–Kier alpha value is -3.08. The standard InChI is InChI=1S/C19H18N2O3/c1-2-23-19(22)16-11-14(20)8-10-18(16)24-12-15-9-7-13-5-3-4-6-17(13)21-15/h3-11H,2,12,20H2,1H3. The van der Waals surface area contributed by atoms with E-state index in [0.29, 0.717) is 23.6 Å². The van der Waals surface area contributed by atoms with Crippen molar-refractivity contribution in [3.63, 3.8) is 0 Å². The fourth-order valence-corrected chi connectivity index (χ4v) is 2.38. The number of anilines is 1. The summed E-state index contributed by atoms with van der Waals surface area (Å²) in [6.07, 6.45) is 0. The Morgan fingerprint density at radius 3 is 2.79 bits per heavy atom. The van der Waals surface area contributed by atoms with Crippen molar-refractivity contribution < 1.29 is 14.3 Å². The van der Waals surface area contributed by atoms with Gasteiger partial charge in [0.25, 0.3) is 0 Å². The zero-order chi connectivity index (χ0) is 16.9. The molecule has 0 bridgehead atoms. The van der Waals surface area contributed by atoms with Crippen LogP contribution in [0.1, 0.15) is 23.0 Å². The van der Waals surface area contributed by atoms with Gasteiger partial charge >= 0.3 is 5.97 Å². The topological polar surface area (TPSA) is 74.4 Å². The molecule has 2 aromatic carbocycles. The molecule has 5 nitrogen and oxygen atoms in total. The fraction of sp³-hybridized carbons (Fsp3) is 0.158. The molecule has 0 aliphatic rings. The van der Waals surface area contributed by atoms with Gasteiger partial charge in [-0.1, -0.05) is 24.3 Å². The van der Waals surface area contributed by atoms with Gasteiger partial charge in [0, 0.05) is 11.1 Å².